The molecule has 1 rings (SSSR count). The number of aryl methyl sites for hydroxylation is 1. The molecule has 0 saturated carbocycles. The zero-order valence-corrected chi connectivity index (χ0v) is 11.6. The summed E-state index contributed by atoms with van der Waals surface area (Å²) in [5.41, 5.74) is 7.87. The van der Waals surface area contributed by atoms with Crippen LogP contribution >= 0.6 is 0 Å². The van der Waals surface area contributed by atoms with Gasteiger partial charge in [-0.1, -0.05) is 12.1 Å². The maximum absolute atomic E-state index is 12.3. The third kappa shape index (κ3) is 3.74. The number of anilines is 1. The first kappa shape index (κ1) is 14.5. The van der Waals surface area contributed by atoms with Crippen molar-refractivity contribution in [2.24, 2.45) is 0 Å². The smallest absolute Gasteiger partial charge is 0.256 e. The lowest BCUT2D eigenvalue weighted by Gasteiger charge is -2.20. The molecule has 100 valence electrons. The molecule has 0 aromatic heterocycles. The second-order valence-corrected chi connectivity index (χ2v) is 4.69. The molecule has 0 aliphatic heterocycles. The summed E-state index contributed by atoms with van der Waals surface area (Å²) in [6, 6.07) is 5.49. The minimum atomic E-state index is -0.0574. The molecule has 0 spiro atoms. The molecule has 4 nitrogen and oxygen atoms in total. The van der Waals surface area contributed by atoms with Crippen LogP contribution in [-0.2, 0) is 4.74 Å². The van der Waals surface area contributed by atoms with E-state index in [0.717, 1.165) is 5.56 Å². The summed E-state index contributed by atoms with van der Waals surface area (Å²) in [7, 11) is 1.76. The van der Waals surface area contributed by atoms with Gasteiger partial charge in [-0.15, -0.1) is 0 Å². The van der Waals surface area contributed by atoms with Crippen molar-refractivity contribution in [1.82, 2.24) is 4.90 Å². The van der Waals surface area contributed by atoms with E-state index in [1.165, 1.54) is 0 Å². The van der Waals surface area contributed by atoms with Crippen LogP contribution in [0.15, 0.2) is 18.2 Å². The maximum atomic E-state index is 12.3. The third-order valence-electron chi connectivity index (χ3n) is 2.74. The quantitative estimate of drug-likeness (QED) is 0.814. The number of nitrogens with zero attached hydrogens (tertiary/aromatic N) is 1. The number of carbonyl (C=O) groups is 1. The van der Waals surface area contributed by atoms with Gasteiger partial charge in [0.15, 0.2) is 0 Å². The highest BCUT2D eigenvalue weighted by atomic mass is 16.5. The van der Waals surface area contributed by atoms with Crippen LogP contribution in [0.4, 0.5) is 5.69 Å². The number of ether oxygens (including phenoxy) is 1. The van der Waals surface area contributed by atoms with E-state index >= 15 is 0 Å². The van der Waals surface area contributed by atoms with Crippen LogP contribution in [0.5, 0.6) is 0 Å². The van der Waals surface area contributed by atoms with Crippen LogP contribution in [0.25, 0.3) is 0 Å². The first-order valence-electron chi connectivity index (χ1n) is 6.15. The highest BCUT2D eigenvalue weighted by Gasteiger charge is 2.16. The number of likely N-dealkylation sites (N-methyl/N-ethyl adjacent to an activating group) is 1. The molecule has 0 radical (unpaired) electrons. The zero-order valence-electron chi connectivity index (χ0n) is 11.6. The zero-order chi connectivity index (χ0) is 13.7. The topological polar surface area (TPSA) is 55.6 Å². The summed E-state index contributed by atoms with van der Waals surface area (Å²) >= 11 is 0. The predicted octanol–water partition coefficient (Wildman–Crippen LogP) is 2.07. The van der Waals surface area contributed by atoms with Crippen molar-refractivity contribution in [1.29, 1.82) is 0 Å². The van der Waals surface area contributed by atoms with E-state index in [1.807, 2.05) is 32.9 Å². The fraction of sp³-hybridized carbons (Fsp3) is 0.500. The molecule has 0 unspecified atom stereocenters. The van der Waals surface area contributed by atoms with Gasteiger partial charge in [-0.25, -0.2) is 0 Å². The minimum Gasteiger partial charge on any atom is -0.398 e. The number of carbonyl (C=O) groups excluding carboxylic acids is 1. The van der Waals surface area contributed by atoms with E-state index in [9.17, 15) is 4.79 Å². The largest absolute Gasteiger partial charge is 0.398 e. The molecule has 0 heterocycles. The van der Waals surface area contributed by atoms with Gasteiger partial charge in [0.1, 0.15) is 0 Å². The van der Waals surface area contributed by atoms with Crippen molar-refractivity contribution < 1.29 is 9.53 Å². The van der Waals surface area contributed by atoms with Crippen molar-refractivity contribution >= 4 is 11.6 Å². The Morgan fingerprint density at radius 3 is 2.67 bits per heavy atom. The number of benzene rings is 1. The van der Waals surface area contributed by atoms with Crippen LogP contribution in [0, 0.1) is 6.92 Å². The Balaban J connectivity index is 2.69. The summed E-state index contributed by atoms with van der Waals surface area (Å²) in [5.74, 6) is -0.0574. The predicted molar refractivity (Wildman–Crippen MR) is 73.6 cm³/mol. The second kappa shape index (κ2) is 6.40. The van der Waals surface area contributed by atoms with Gasteiger partial charge >= 0.3 is 0 Å². The Hall–Kier alpha value is -1.55. The summed E-state index contributed by atoms with van der Waals surface area (Å²) in [4.78, 5) is 13.9. The standard InChI is InChI=1S/C14H22N2O2/c1-10(2)18-9-8-16(4)14(17)13-11(3)6-5-7-12(13)15/h5-7,10H,8-9,15H2,1-4H3. The van der Waals surface area contributed by atoms with Crippen LogP contribution < -0.4 is 5.73 Å². The average molecular weight is 250 g/mol. The number of amides is 1. The van der Waals surface area contributed by atoms with E-state index in [4.69, 9.17) is 10.5 Å². The van der Waals surface area contributed by atoms with Gasteiger partial charge in [-0.2, -0.15) is 0 Å². The summed E-state index contributed by atoms with van der Waals surface area (Å²) in [6.45, 7) is 6.93. The van der Waals surface area contributed by atoms with E-state index in [2.05, 4.69) is 0 Å². The van der Waals surface area contributed by atoms with E-state index in [1.54, 1.807) is 18.0 Å². The van der Waals surface area contributed by atoms with Gasteiger partial charge in [-0.3, -0.25) is 4.79 Å². The van der Waals surface area contributed by atoms with Crippen LogP contribution in [-0.4, -0.2) is 37.1 Å². The van der Waals surface area contributed by atoms with Crippen LogP contribution in [0.2, 0.25) is 0 Å². The highest BCUT2D eigenvalue weighted by Crippen LogP contribution is 2.17. The normalized spacial score (nSPS) is 10.7. The molecule has 0 saturated heterocycles. The lowest BCUT2D eigenvalue weighted by Crippen LogP contribution is -2.31. The molecular weight excluding hydrogens is 228 g/mol. The Kier molecular flexibility index (Phi) is 5.16. The first-order valence-corrected chi connectivity index (χ1v) is 6.15. The van der Waals surface area contributed by atoms with Crippen molar-refractivity contribution in [2.45, 2.75) is 26.9 Å². The molecular formula is C14H22N2O2. The Labute approximate surface area is 109 Å². The van der Waals surface area contributed by atoms with Gasteiger partial charge in [-0.05, 0) is 32.4 Å². The van der Waals surface area contributed by atoms with Crippen molar-refractivity contribution in [3.05, 3.63) is 29.3 Å². The highest BCUT2D eigenvalue weighted by molar-refractivity contribution is 6.00. The van der Waals surface area contributed by atoms with E-state index in [-0.39, 0.29) is 12.0 Å². The first-order chi connectivity index (χ1) is 8.43. The number of nitrogens with two attached hydrogens (primary N) is 1. The monoisotopic (exact) mass is 250 g/mol. The molecule has 1 aromatic carbocycles. The van der Waals surface area contributed by atoms with E-state index in [0.29, 0.717) is 24.4 Å². The maximum Gasteiger partial charge on any atom is 0.256 e. The van der Waals surface area contributed by atoms with Gasteiger partial charge < -0.3 is 15.4 Å². The van der Waals surface area contributed by atoms with Crippen molar-refractivity contribution in [3.63, 3.8) is 0 Å². The number of hydrogen-bond donors (Lipinski definition) is 1. The van der Waals surface area contributed by atoms with Gasteiger partial charge in [0.25, 0.3) is 5.91 Å². The van der Waals surface area contributed by atoms with E-state index < -0.39 is 0 Å². The van der Waals surface area contributed by atoms with Crippen LogP contribution in [0.3, 0.4) is 0 Å². The fourth-order valence-electron chi connectivity index (χ4n) is 1.70. The van der Waals surface area contributed by atoms with Crippen molar-refractivity contribution in [3.8, 4) is 0 Å². The Bertz CT molecular complexity index is 396. The Morgan fingerprint density at radius 2 is 2.11 bits per heavy atom. The number of hydrogen-bond acceptors (Lipinski definition) is 3. The van der Waals surface area contributed by atoms with Crippen LogP contribution in [0.1, 0.15) is 29.8 Å². The molecule has 4 heteroatoms. The number of nitrogen functional groups attached to an aromatic ring is 1. The molecule has 0 atom stereocenters. The second-order valence-electron chi connectivity index (χ2n) is 4.69. The summed E-state index contributed by atoms with van der Waals surface area (Å²) < 4.78 is 5.43. The molecule has 2 N–H and O–H groups in total. The molecule has 0 bridgehead atoms. The minimum absolute atomic E-state index is 0.0574. The molecule has 18 heavy (non-hydrogen) atoms. The fourth-order valence-corrected chi connectivity index (χ4v) is 1.70. The molecule has 0 aliphatic rings. The van der Waals surface area contributed by atoms with Gasteiger partial charge in [0, 0.05) is 19.3 Å². The molecule has 1 amide bonds. The molecule has 0 aliphatic carbocycles. The lowest BCUT2D eigenvalue weighted by molar-refractivity contribution is 0.0532. The summed E-state index contributed by atoms with van der Waals surface area (Å²) in [6.07, 6.45) is 0.178. The van der Waals surface area contributed by atoms with Gasteiger partial charge in [0.2, 0.25) is 0 Å². The number of rotatable bonds is 5. The molecule has 0 fully saturated rings. The summed E-state index contributed by atoms with van der Waals surface area (Å²) in [5, 5.41) is 0. The lowest BCUT2D eigenvalue weighted by atomic mass is 10.1. The van der Waals surface area contributed by atoms with Gasteiger partial charge in [0.05, 0.1) is 18.3 Å². The average Bonchev–Trinajstić information content (AvgIpc) is 2.27. The molecule has 1 aromatic rings. The SMILES string of the molecule is Cc1cccc(N)c1C(=O)N(C)CCOC(C)C. The van der Waals surface area contributed by atoms with Crippen molar-refractivity contribution in [2.75, 3.05) is 25.9 Å². The third-order valence-corrected chi connectivity index (χ3v) is 2.74. The Morgan fingerprint density at radius 1 is 1.44 bits per heavy atom.